The molecule has 0 heterocycles. The van der Waals surface area contributed by atoms with E-state index in [0.717, 1.165) is 12.8 Å². The van der Waals surface area contributed by atoms with Crippen LogP contribution in [0.15, 0.2) is 24.3 Å². The minimum Gasteiger partial charge on any atom is -0.335 e. The number of benzene rings is 1. The minimum atomic E-state index is -0.148. The van der Waals surface area contributed by atoms with E-state index in [0.29, 0.717) is 17.3 Å². The molecule has 1 aromatic carbocycles. The number of para-hydroxylation sites is 1. The van der Waals surface area contributed by atoms with E-state index in [2.05, 4.69) is 11.4 Å². The van der Waals surface area contributed by atoms with Crippen molar-refractivity contribution in [1.29, 1.82) is 5.26 Å². The smallest absolute Gasteiger partial charge is 0.321 e. The SMILES string of the molecule is CN(C(=O)NC1CC1)c1ccccc1C#N. The highest BCUT2D eigenvalue weighted by atomic mass is 16.2. The lowest BCUT2D eigenvalue weighted by atomic mass is 10.2. The standard InChI is InChI=1S/C12H13N3O/c1-15(12(16)14-10-6-7-10)11-5-3-2-4-9(11)8-13/h2-5,10H,6-7H2,1H3,(H,14,16). The third kappa shape index (κ3) is 2.14. The van der Waals surface area contributed by atoms with E-state index in [1.807, 2.05) is 6.07 Å². The molecule has 0 atom stereocenters. The van der Waals surface area contributed by atoms with Crippen molar-refractivity contribution in [2.75, 3.05) is 11.9 Å². The summed E-state index contributed by atoms with van der Waals surface area (Å²) in [6.45, 7) is 0. The molecule has 4 nitrogen and oxygen atoms in total. The number of carbonyl (C=O) groups is 1. The van der Waals surface area contributed by atoms with Crippen LogP contribution in [0, 0.1) is 11.3 Å². The first-order valence-corrected chi connectivity index (χ1v) is 5.25. The van der Waals surface area contributed by atoms with E-state index in [1.165, 1.54) is 4.90 Å². The molecule has 2 amide bonds. The Hall–Kier alpha value is -2.02. The first-order valence-electron chi connectivity index (χ1n) is 5.25. The van der Waals surface area contributed by atoms with Gasteiger partial charge in [-0.15, -0.1) is 0 Å². The van der Waals surface area contributed by atoms with Gasteiger partial charge in [-0.3, -0.25) is 4.90 Å². The van der Waals surface area contributed by atoms with Gasteiger partial charge in [-0.25, -0.2) is 4.79 Å². The van der Waals surface area contributed by atoms with Gasteiger partial charge in [0, 0.05) is 13.1 Å². The van der Waals surface area contributed by atoms with E-state index in [-0.39, 0.29) is 6.03 Å². The first kappa shape index (κ1) is 10.5. The van der Waals surface area contributed by atoms with Crippen molar-refractivity contribution in [3.05, 3.63) is 29.8 Å². The minimum absolute atomic E-state index is 0.148. The zero-order valence-corrected chi connectivity index (χ0v) is 9.10. The zero-order valence-electron chi connectivity index (χ0n) is 9.10. The molecule has 1 aliphatic carbocycles. The Kier molecular flexibility index (Phi) is 2.78. The molecule has 0 aliphatic heterocycles. The van der Waals surface area contributed by atoms with Gasteiger partial charge in [0.25, 0.3) is 0 Å². The van der Waals surface area contributed by atoms with E-state index in [4.69, 9.17) is 5.26 Å². The number of nitrogens with one attached hydrogen (secondary N) is 1. The maximum atomic E-state index is 11.8. The summed E-state index contributed by atoms with van der Waals surface area (Å²) in [7, 11) is 1.67. The van der Waals surface area contributed by atoms with Gasteiger partial charge in [-0.2, -0.15) is 5.26 Å². The second-order valence-electron chi connectivity index (χ2n) is 3.91. The normalized spacial score (nSPS) is 14.0. The molecule has 1 fully saturated rings. The Labute approximate surface area is 94.5 Å². The molecule has 2 rings (SSSR count). The molecule has 1 N–H and O–H groups in total. The molecule has 1 aromatic rings. The number of hydrogen-bond donors (Lipinski definition) is 1. The van der Waals surface area contributed by atoms with Crippen LogP contribution in [0.3, 0.4) is 0 Å². The Balaban J connectivity index is 2.15. The molecule has 1 aliphatic rings. The number of nitrogens with zero attached hydrogens (tertiary/aromatic N) is 2. The predicted octanol–water partition coefficient (Wildman–Crippen LogP) is 1.87. The highest BCUT2D eigenvalue weighted by Crippen LogP contribution is 2.21. The van der Waals surface area contributed by atoms with Crippen LogP contribution in [0.4, 0.5) is 10.5 Å². The molecule has 0 aromatic heterocycles. The number of anilines is 1. The van der Waals surface area contributed by atoms with Gasteiger partial charge < -0.3 is 5.32 Å². The molecular weight excluding hydrogens is 202 g/mol. The van der Waals surface area contributed by atoms with Crippen molar-refractivity contribution >= 4 is 11.7 Å². The molecule has 0 saturated heterocycles. The number of urea groups is 1. The number of hydrogen-bond acceptors (Lipinski definition) is 2. The largest absolute Gasteiger partial charge is 0.335 e. The fourth-order valence-corrected chi connectivity index (χ4v) is 1.47. The third-order valence-electron chi connectivity index (χ3n) is 2.60. The van der Waals surface area contributed by atoms with E-state index in [1.54, 1.807) is 25.2 Å². The second-order valence-corrected chi connectivity index (χ2v) is 3.91. The predicted molar refractivity (Wildman–Crippen MR) is 61.1 cm³/mol. The van der Waals surface area contributed by atoms with Gasteiger partial charge in [-0.1, -0.05) is 12.1 Å². The summed E-state index contributed by atoms with van der Waals surface area (Å²) in [4.78, 5) is 13.3. The van der Waals surface area contributed by atoms with Gasteiger partial charge in [-0.05, 0) is 25.0 Å². The van der Waals surface area contributed by atoms with Crippen LogP contribution in [0.2, 0.25) is 0 Å². The van der Waals surface area contributed by atoms with E-state index < -0.39 is 0 Å². The average molecular weight is 215 g/mol. The van der Waals surface area contributed by atoms with Gasteiger partial charge in [0.05, 0.1) is 11.3 Å². The van der Waals surface area contributed by atoms with Crippen LogP contribution in [0.25, 0.3) is 0 Å². The first-order chi connectivity index (χ1) is 7.72. The summed E-state index contributed by atoms with van der Waals surface area (Å²) < 4.78 is 0. The van der Waals surface area contributed by atoms with Crippen molar-refractivity contribution in [2.24, 2.45) is 0 Å². The lowest BCUT2D eigenvalue weighted by Crippen LogP contribution is -2.38. The van der Waals surface area contributed by atoms with Crippen molar-refractivity contribution in [2.45, 2.75) is 18.9 Å². The Morgan fingerprint density at radius 3 is 2.81 bits per heavy atom. The van der Waals surface area contributed by atoms with E-state index >= 15 is 0 Å². The zero-order chi connectivity index (χ0) is 11.5. The highest BCUT2D eigenvalue weighted by molar-refractivity contribution is 5.93. The number of carbonyl (C=O) groups excluding carboxylic acids is 1. The molecule has 16 heavy (non-hydrogen) atoms. The summed E-state index contributed by atoms with van der Waals surface area (Å²) in [6, 6.07) is 9.33. The molecule has 0 spiro atoms. The summed E-state index contributed by atoms with van der Waals surface area (Å²) in [6.07, 6.45) is 2.11. The van der Waals surface area contributed by atoms with Gasteiger partial charge in [0.2, 0.25) is 0 Å². The van der Waals surface area contributed by atoms with Crippen LogP contribution in [0.5, 0.6) is 0 Å². The average Bonchev–Trinajstić information content (AvgIpc) is 3.11. The van der Waals surface area contributed by atoms with Crippen molar-refractivity contribution in [3.63, 3.8) is 0 Å². The number of rotatable bonds is 2. The third-order valence-corrected chi connectivity index (χ3v) is 2.60. The fourth-order valence-electron chi connectivity index (χ4n) is 1.47. The quantitative estimate of drug-likeness (QED) is 0.818. The van der Waals surface area contributed by atoms with Crippen LogP contribution in [0.1, 0.15) is 18.4 Å². The lowest BCUT2D eigenvalue weighted by Gasteiger charge is -2.18. The molecular formula is C12H13N3O. The molecule has 82 valence electrons. The molecule has 0 bridgehead atoms. The summed E-state index contributed by atoms with van der Waals surface area (Å²) in [5.74, 6) is 0. The van der Waals surface area contributed by atoms with Crippen LogP contribution < -0.4 is 10.2 Å². The van der Waals surface area contributed by atoms with Gasteiger partial charge in [0.15, 0.2) is 0 Å². The van der Waals surface area contributed by atoms with Crippen molar-refractivity contribution in [1.82, 2.24) is 5.32 Å². The summed E-state index contributed by atoms with van der Waals surface area (Å²) >= 11 is 0. The second kappa shape index (κ2) is 4.23. The summed E-state index contributed by atoms with van der Waals surface area (Å²) in [5.41, 5.74) is 1.15. The van der Waals surface area contributed by atoms with Gasteiger partial charge in [0.1, 0.15) is 6.07 Å². The maximum Gasteiger partial charge on any atom is 0.321 e. The monoisotopic (exact) mass is 215 g/mol. The molecule has 0 unspecified atom stereocenters. The Bertz CT molecular complexity index is 446. The summed E-state index contributed by atoms with van der Waals surface area (Å²) in [5, 5.41) is 11.8. The highest BCUT2D eigenvalue weighted by Gasteiger charge is 2.25. The topological polar surface area (TPSA) is 56.1 Å². The van der Waals surface area contributed by atoms with Crippen LogP contribution >= 0.6 is 0 Å². The Morgan fingerprint density at radius 1 is 1.50 bits per heavy atom. The van der Waals surface area contributed by atoms with E-state index in [9.17, 15) is 4.79 Å². The van der Waals surface area contributed by atoms with Crippen molar-refractivity contribution < 1.29 is 4.79 Å². The van der Waals surface area contributed by atoms with Gasteiger partial charge >= 0.3 is 6.03 Å². The van der Waals surface area contributed by atoms with Crippen molar-refractivity contribution in [3.8, 4) is 6.07 Å². The fraction of sp³-hybridized carbons (Fsp3) is 0.333. The molecule has 0 radical (unpaired) electrons. The lowest BCUT2D eigenvalue weighted by molar-refractivity contribution is 0.247. The molecule has 4 heteroatoms. The van der Waals surface area contributed by atoms with Crippen LogP contribution in [-0.2, 0) is 0 Å². The van der Waals surface area contributed by atoms with Crippen LogP contribution in [-0.4, -0.2) is 19.1 Å². The number of amides is 2. The number of nitriles is 1. The Morgan fingerprint density at radius 2 is 2.19 bits per heavy atom. The maximum absolute atomic E-state index is 11.8. The molecule has 1 saturated carbocycles.